The van der Waals surface area contributed by atoms with Crippen LogP contribution in [0.1, 0.15) is 19.8 Å². The third-order valence-electron chi connectivity index (χ3n) is 3.73. The molecule has 0 bridgehead atoms. The van der Waals surface area contributed by atoms with Crippen LogP contribution < -0.4 is 0 Å². The van der Waals surface area contributed by atoms with Crippen LogP contribution in [0.5, 0.6) is 0 Å². The quantitative estimate of drug-likeness (QED) is 0.639. The number of fused-ring (bicyclic) bond motifs is 1. The highest BCUT2D eigenvalue weighted by Crippen LogP contribution is 2.47. The maximum Gasteiger partial charge on any atom is 0.333 e. The van der Waals surface area contributed by atoms with Crippen molar-refractivity contribution >= 4 is 5.97 Å². The Bertz CT molecular complexity index is 282. The lowest BCUT2D eigenvalue weighted by molar-refractivity contribution is -0.136. The summed E-state index contributed by atoms with van der Waals surface area (Å²) in [5.41, 5.74) is 0.779. The Balaban J connectivity index is 2.15. The van der Waals surface area contributed by atoms with Crippen LogP contribution in [0.4, 0.5) is 0 Å². The average Bonchev–Trinajstić information content (AvgIpc) is 2.69. The molecule has 3 heteroatoms. The van der Waals surface area contributed by atoms with Gasteiger partial charge >= 0.3 is 5.97 Å². The van der Waals surface area contributed by atoms with E-state index in [2.05, 4.69) is 6.92 Å². The maximum absolute atomic E-state index is 11.4. The Morgan fingerprint density at radius 3 is 3.00 bits per heavy atom. The van der Waals surface area contributed by atoms with E-state index in [0.717, 1.165) is 12.0 Å². The first-order chi connectivity index (χ1) is 6.65. The lowest BCUT2D eigenvalue weighted by Crippen LogP contribution is -2.15. The van der Waals surface area contributed by atoms with Crippen molar-refractivity contribution in [1.82, 2.24) is 0 Å². The van der Waals surface area contributed by atoms with Gasteiger partial charge < -0.3 is 9.84 Å². The van der Waals surface area contributed by atoms with Crippen molar-refractivity contribution < 1.29 is 14.6 Å². The monoisotopic (exact) mass is 196 g/mol. The Morgan fingerprint density at radius 1 is 1.64 bits per heavy atom. The normalized spacial score (nSPS) is 40.6. The summed E-state index contributed by atoms with van der Waals surface area (Å²) in [5, 5.41) is 9.70. The van der Waals surface area contributed by atoms with Crippen molar-refractivity contribution in [2.24, 2.45) is 17.8 Å². The van der Waals surface area contributed by atoms with Crippen LogP contribution in [0.25, 0.3) is 0 Å². The van der Waals surface area contributed by atoms with E-state index in [9.17, 15) is 9.90 Å². The molecule has 0 heterocycles. The number of carbonyl (C=O) groups excluding carboxylic acids is 1. The lowest BCUT2D eigenvalue weighted by atomic mass is 9.90. The molecule has 2 aliphatic carbocycles. The fraction of sp³-hybridized carbons (Fsp3) is 0.727. The van der Waals surface area contributed by atoms with Gasteiger partial charge in [-0.05, 0) is 30.6 Å². The summed E-state index contributed by atoms with van der Waals surface area (Å²) in [4.78, 5) is 11.4. The van der Waals surface area contributed by atoms with Crippen LogP contribution in [-0.2, 0) is 9.53 Å². The Labute approximate surface area is 83.8 Å². The topological polar surface area (TPSA) is 46.5 Å². The van der Waals surface area contributed by atoms with E-state index >= 15 is 0 Å². The molecule has 0 radical (unpaired) electrons. The smallest absolute Gasteiger partial charge is 0.333 e. The summed E-state index contributed by atoms with van der Waals surface area (Å²) < 4.78 is 4.72. The van der Waals surface area contributed by atoms with Crippen molar-refractivity contribution in [3.8, 4) is 0 Å². The summed E-state index contributed by atoms with van der Waals surface area (Å²) in [5.74, 6) is 0.753. The van der Waals surface area contributed by atoms with E-state index in [4.69, 9.17) is 4.74 Å². The van der Waals surface area contributed by atoms with E-state index in [0.29, 0.717) is 18.3 Å². The van der Waals surface area contributed by atoms with Crippen LogP contribution in [0, 0.1) is 17.8 Å². The number of carbonyl (C=O) groups is 1. The first kappa shape index (κ1) is 9.71. The van der Waals surface area contributed by atoms with E-state index in [1.54, 1.807) is 0 Å². The van der Waals surface area contributed by atoms with E-state index in [1.807, 2.05) is 6.08 Å². The number of rotatable bonds is 1. The molecule has 0 unspecified atom stereocenters. The molecule has 0 saturated heterocycles. The Morgan fingerprint density at radius 2 is 2.36 bits per heavy atom. The van der Waals surface area contributed by atoms with Gasteiger partial charge in [0.25, 0.3) is 0 Å². The highest BCUT2D eigenvalue weighted by Gasteiger charge is 2.45. The molecule has 0 aliphatic heterocycles. The number of esters is 1. The summed E-state index contributed by atoms with van der Waals surface area (Å²) >= 11 is 0. The zero-order chi connectivity index (χ0) is 10.3. The van der Waals surface area contributed by atoms with Crippen molar-refractivity contribution in [3.63, 3.8) is 0 Å². The molecule has 0 aromatic carbocycles. The summed E-state index contributed by atoms with van der Waals surface area (Å²) in [7, 11) is 1.41. The van der Waals surface area contributed by atoms with Crippen LogP contribution in [0.15, 0.2) is 11.6 Å². The molecule has 0 aromatic rings. The largest absolute Gasteiger partial charge is 0.466 e. The molecule has 14 heavy (non-hydrogen) atoms. The highest BCUT2D eigenvalue weighted by molar-refractivity contribution is 5.89. The van der Waals surface area contributed by atoms with Crippen LogP contribution in [-0.4, -0.2) is 24.3 Å². The maximum atomic E-state index is 11.4. The fourth-order valence-electron chi connectivity index (χ4n) is 2.80. The van der Waals surface area contributed by atoms with E-state index in [1.165, 1.54) is 7.11 Å². The Hall–Kier alpha value is -0.830. The standard InChI is InChI=1S/C11H16O3/c1-6-7-3-4-8(11(13)14-2)9(7)5-10(6)12/h4,6-7,9-10,12H,3,5H2,1-2H3/t6-,7-,9+,10-/m1/s1. The third kappa shape index (κ3) is 1.27. The molecular formula is C11H16O3. The second kappa shape index (κ2) is 3.39. The molecule has 2 aliphatic rings. The number of hydrogen-bond donors (Lipinski definition) is 1. The van der Waals surface area contributed by atoms with Crippen molar-refractivity contribution in [1.29, 1.82) is 0 Å². The van der Waals surface area contributed by atoms with Crippen molar-refractivity contribution in [2.45, 2.75) is 25.9 Å². The predicted octanol–water partition coefficient (Wildman–Crippen LogP) is 1.12. The molecular weight excluding hydrogens is 180 g/mol. The summed E-state index contributed by atoms with van der Waals surface area (Å²) in [6, 6.07) is 0. The molecule has 78 valence electrons. The van der Waals surface area contributed by atoms with Crippen molar-refractivity contribution in [2.75, 3.05) is 7.11 Å². The average molecular weight is 196 g/mol. The minimum atomic E-state index is -0.252. The minimum Gasteiger partial charge on any atom is -0.466 e. The number of allylic oxidation sites excluding steroid dienone is 1. The number of aliphatic hydroxyl groups excluding tert-OH is 1. The molecule has 0 spiro atoms. The SMILES string of the molecule is COC(=O)C1=CC[C@@H]2[C@@H](C)[C@H](O)C[C@H]12. The molecule has 2 rings (SSSR count). The second-order valence-corrected chi connectivity index (χ2v) is 4.32. The fourth-order valence-corrected chi connectivity index (χ4v) is 2.80. The van der Waals surface area contributed by atoms with Crippen LogP contribution in [0.3, 0.4) is 0 Å². The first-order valence-electron chi connectivity index (χ1n) is 5.11. The minimum absolute atomic E-state index is 0.223. The molecule has 1 saturated carbocycles. The van der Waals surface area contributed by atoms with Gasteiger partial charge in [0, 0.05) is 5.57 Å². The van der Waals surface area contributed by atoms with Crippen LogP contribution >= 0.6 is 0 Å². The summed E-state index contributed by atoms with van der Waals surface area (Å²) in [6.07, 6.45) is 3.35. The van der Waals surface area contributed by atoms with Gasteiger partial charge in [-0.25, -0.2) is 4.79 Å². The molecule has 0 aromatic heterocycles. The van der Waals surface area contributed by atoms with Gasteiger partial charge in [0.1, 0.15) is 0 Å². The molecule has 0 amide bonds. The zero-order valence-corrected chi connectivity index (χ0v) is 8.56. The zero-order valence-electron chi connectivity index (χ0n) is 8.56. The third-order valence-corrected chi connectivity index (χ3v) is 3.73. The van der Waals surface area contributed by atoms with Crippen molar-refractivity contribution in [3.05, 3.63) is 11.6 Å². The van der Waals surface area contributed by atoms with Gasteiger partial charge in [-0.15, -0.1) is 0 Å². The van der Waals surface area contributed by atoms with Gasteiger partial charge in [0.15, 0.2) is 0 Å². The Kier molecular flexibility index (Phi) is 2.35. The predicted molar refractivity (Wildman–Crippen MR) is 51.5 cm³/mol. The summed E-state index contributed by atoms with van der Waals surface area (Å²) in [6.45, 7) is 2.06. The van der Waals surface area contributed by atoms with Gasteiger partial charge in [0.05, 0.1) is 13.2 Å². The number of aliphatic hydroxyl groups is 1. The molecule has 1 N–H and O–H groups in total. The second-order valence-electron chi connectivity index (χ2n) is 4.32. The van der Waals surface area contributed by atoms with Gasteiger partial charge in [-0.2, -0.15) is 0 Å². The highest BCUT2D eigenvalue weighted by atomic mass is 16.5. The number of hydrogen-bond acceptors (Lipinski definition) is 3. The molecule has 3 nitrogen and oxygen atoms in total. The molecule has 1 fully saturated rings. The molecule has 4 atom stereocenters. The van der Waals surface area contributed by atoms with Gasteiger partial charge in [-0.1, -0.05) is 13.0 Å². The lowest BCUT2D eigenvalue weighted by Gasteiger charge is -2.15. The number of ether oxygens (including phenoxy) is 1. The van der Waals surface area contributed by atoms with E-state index < -0.39 is 0 Å². The van der Waals surface area contributed by atoms with Gasteiger partial charge in [-0.3, -0.25) is 0 Å². The van der Waals surface area contributed by atoms with E-state index in [-0.39, 0.29) is 18.0 Å². The van der Waals surface area contributed by atoms with Gasteiger partial charge in [0.2, 0.25) is 0 Å². The number of methoxy groups -OCH3 is 1. The van der Waals surface area contributed by atoms with Crippen LogP contribution in [0.2, 0.25) is 0 Å². The first-order valence-corrected chi connectivity index (χ1v) is 5.11.